The van der Waals surface area contributed by atoms with Crippen molar-refractivity contribution in [2.45, 2.75) is 19.4 Å². The van der Waals surface area contributed by atoms with E-state index in [0.29, 0.717) is 6.10 Å². The van der Waals surface area contributed by atoms with Crippen molar-refractivity contribution in [1.82, 2.24) is 5.01 Å². The zero-order valence-corrected chi connectivity index (χ0v) is 5.84. The van der Waals surface area contributed by atoms with E-state index in [0.717, 1.165) is 26.1 Å². The lowest BCUT2D eigenvalue weighted by Crippen LogP contribution is -2.35. The fourth-order valence-corrected chi connectivity index (χ4v) is 1.03. The van der Waals surface area contributed by atoms with Crippen molar-refractivity contribution in [3.05, 3.63) is 0 Å². The van der Waals surface area contributed by atoms with Gasteiger partial charge in [0.1, 0.15) is 0 Å². The van der Waals surface area contributed by atoms with E-state index in [1.165, 1.54) is 0 Å². The lowest BCUT2D eigenvalue weighted by Gasteiger charge is -2.14. The molecule has 1 rings (SSSR count). The van der Waals surface area contributed by atoms with Crippen molar-refractivity contribution in [3.8, 4) is 0 Å². The smallest absolute Gasteiger partial charge is 0.0687 e. The predicted octanol–water partition coefficient (Wildman–Crippen LogP) is -0.0291. The van der Waals surface area contributed by atoms with Crippen LogP contribution >= 0.6 is 0 Å². The average molecular weight is 130 g/mol. The first-order valence-corrected chi connectivity index (χ1v) is 3.40. The van der Waals surface area contributed by atoms with Gasteiger partial charge in [-0.25, -0.2) is 5.01 Å². The SMILES string of the molecule is CC1CN(N)CCCO1. The van der Waals surface area contributed by atoms with Gasteiger partial charge in [-0.3, -0.25) is 5.84 Å². The molecule has 1 saturated heterocycles. The summed E-state index contributed by atoms with van der Waals surface area (Å²) in [6.07, 6.45) is 1.36. The molecule has 0 spiro atoms. The molecule has 3 nitrogen and oxygen atoms in total. The number of ether oxygens (including phenoxy) is 1. The van der Waals surface area contributed by atoms with Crippen molar-refractivity contribution in [2.24, 2.45) is 5.84 Å². The first-order chi connectivity index (χ1) is 4.29. The molecule has 3 heteroatoms. The Kier molecular flexibility index (Phi) is 2.45. The molecule has 9 heavy (non-hydrogen) atoms. The van der Waals surface area contributed by atoms with E-state index in [9.17, 15) is 0 Å². The van der Waals surface area contributed by atoms with Crippen molar-refractivity contribution in [2.75, 3.05) is 19.7 Å². The summed E-state index contributed by atoms with van der Waals surface area (Å²) in [6, 6.07) is 0. The van der Waals surface area contributed by atoms with Gasteiger partial charge in [-0.05, 0) is 13.3 Å². The highest BCUT2D eigenvalue weighted by molar-refractivity contribution is 4.60. The highest BCUT2D eigenvalue weighted by Gasteiger charge is 2.10. The summed E-state index contributed by atoms with van der Waals surface area (Å²) in [6.45, 7) is 4.73. The van der Waals surface area contributed by atoms with E-state index in [1.54, 1.807) is 0 Å². The van der Waals surface area contributed by atoms with Gasteiger partial charge in [0.15, 0.2) is 0 Å². The van der Waals surface area contributed by atoms with E-state index < -0.39 is 0 Å². The monoisotopic (exact) mass is 130 g/mol. The van der Waals surface area contributed by atoms with Gasteiger partial charge in [0.2, 0.25) is 0 Å². The normalized spacial score (nSPS) is 32.0. The van der Waals surface area contributed by atoms with Crippen LogP contribution in [0, 0.1) is 0 Å². The van der Waals surface area contributed by atoms with Gasteiger partial charge in [0, 0.05) is 19.7 Å². The summed E-state index contributed by atoms with van der Waals surface area (Å²) >= 11 is 0. The van der Waals surface area contributed by atoms with Crippen LogP contribution in [0.4, 0.5) is 0 Å². The number of hydrogen-bond acceptors (Lipinski definition) is 3. The highest BCUT2D eigenvalue weighted by Crippen LogP contribution is 2.00. The van der Waals surface area contributed by atoms with E-state index in [-0.39, 0.29) is 0 Å². The molecule has 54 valence electrons. The molecule has 1 unspecified atom stereocenters. The molecule has 0 bridgehead atoms. The van der Waals surface area contributed by atoms with Crippen LogP contribution in [0.5, 0.6) is 0 Å². The van der Waals surface area contributed by atoms with Crippen molar-refractivity contribution >= 4 is 0 Å². The van der Waals surface area contributed by atoms with Crippen LogP contribution in [-0.2, 0) is 4.74 Å². The minimum atomic E-state index is 0.303. The summed E-state index contributed by atoms with van der Waals surface area (Å²) in [7, 11) is 0. The second kappa shape index (κ2) is 3.15. The summed E-state index contributed by atoms with van der Waals surface area (Å²) in [4.78, 5) is 0. The fourth-order valence-electron chi connectivity index (χ4n) is 1.03. The summed E-state index contributed by atoms with van der Waals surface area (Å²) in [5, 5.41) is 1.82. The molecule has 2 N–H and O–H groups in total. The lowest BCUT2D eigenvalue weighted by atomic mass is 10.4. The number of hydrogen-bond donors (Lipinski definition) is 1. The average Bonchev–Trinajstić information content (AvgIpc) is 1.93. The Morgan fingerprint density at radius 1 is 1.67 bits per heavy atom. The third-order valence-corrected chi connectivity index (χ3v) is 1.48. The minimum Gasteiger partial charge on any atom is -0.377 e. The van der Waals surface area contributed by atoms with Crippen LogP contribution in [0.2, 0.25) is 0 Å². The number of nitrogens with zero attached hydrogens (tertiary/aromatic N) is 1. The third-order valence-electron chi connectivity index (χ3n) is 1.48. The molecule has 1 fully saturated rings. The van der Waals surface area contributed by atoms with E-state index >= 15 is 0 Å². The molecule has 0 aromatic rings. The number of rotatable bonds is 0. The maximum absolute atomic E-state index is 5.58. The summed E-state index contributed by atoms with van der Waals surface area (Å²) in [5.74, 6) is 5.58. The van der Waals surface area contributed by atoms with E-state index in [1.807, 2.05) is 11.9 Å². The predicted molar refractivity (Wildman–Crippen MR) is 35.8 cm³/mol. The molecular weight excluding hydrogens is 116 g/mol. The Hall–Kier alpha value is -0.120. The molecule has 0 aromatic heterocycles. The highest BCUT2D eigenvalue weighted by atomic mass is 16.5. The first-order valence-electron chi connectivity index (χ1n) is 3.40. The second-order valence-electron chi connectivity index (χ2n) is 2.53. The zero-order valence-electron chi connectivity index (χ0n) is 5.84. The van der Waals surface area contributed by atoms with Crippen LogP contribution < -0.4 is 5.84 Å². The van der Waals surface area contributed by atoms with Crippen LogP contribution in [0.3, 0.4) is 0 Å². The molecule has 1 atom stereocenters. The Bertz CT molecular complexity index is 77.1. The zero-order chi connectivity index (χ0) is 6.69. The minimum absolute atomic E-state index is 0.303. The Labute approximate surface area is 55.7 Å². The van der Waals surface area contributed by atoms with E-state index in [4.69, 9.17) is 10.6 Å². The van der Waals surface area contributed by atoms with Crippen molar-refractivity contribution in [3.63, 3.8) is 0 Å². The van der Waals surface area contributed by atoms with Crippen LogP contribution in [0.15, 0.2) is 0 Å². The van der Waals surface area contributed by atoms with Crippen LogP contribution in [0.1, 0.15) is 13.3 Å². The van der Waals surface area contributed by atoms with Crippen molar-refractivity contribution < 1.29 is 4.74 Å². The molecule has 1 heterocycles. The second-order valence-corrected chi connectivity index (χ2v) is 2.53. The molecule has 0 saturated carbocycles. The fraction of sp³-hybridized carbons (Fsp3) is 1.00. The molecule has 0 radical (unpaired) electrons. The van der Waals surface area contributed by atoms with Crippen molar-refractivity contribution in [1.29, 1.82) is 0 Å². The van der Waals surface area contributed by atoms with Gasteiger partial charge in [-0.15, -0.1) is 0 Å². The Balaban J connectivity index is 2.29. The van der Waals surface area contributed by atoms with Gasteiger partial charge in [0.05, 0.1) is 6.10 Å². The van der Waals surface area contributed by atoms with Gasteiger partial charge in [-0.2, -0.15) is 0 Å². The van der Waals surface area contributed by atoms with Gasteiger partial charge in [0.25, 0.3) is 0 Å². The molecule has 0 aliphatic carbocycles. The lowest BCUT2D eigenvalue weighted by molar-refractivity contribution is 0.0678. The van der Waals surface area contributed by atoms with Crippen LogP contribution in [-0.4, -0.2) is 30.8 Å². The van der Waals surface area contributed by atoms with Crippen LogP contribution in [0.25, 0.3) is 0 Å². The summed E-state index contributed by atoms with van der Waals surface area (Å²) in [5.41, 5.74) is 0. The van der Waals surface area contributed by atoms with E-state index in [2.05, 4.69) is 0 Å². The van der Waals surface area contributed by atoms with Gasteiger partial charge >= 0.3 is 0 Å². The Morgan fingerprint density at radius 3 is 3.22 bits per heavy atom. The quantitative estimate of drug-likeness (QED) is 0.468. The maximum atomic E-state index is 5.58. The molecule has 1 aliphatic heterocycles. The topological polar surface area (TPSA) is 38.5 Å². The summed E-state index contributed by atoms with van der Waals surface area (Å²) < 4.78 is 5.35. The third kappa shape index (κ3) is 2.30. The molecule has 0 aromatic carbocycles. The van der Waals surface area contributed by atoms with Gasteiger partial charge < -0.3 is 4.74 Å². The standard InChI is InChI=1S/C6H14N2O/c1-6-5-8(7)3-2-4-9-6/h6H,2-5,7H2,1H3. The maximum Gasteiger partial charge on any atom is 0.0687 e. The first kappa shape index (κ1) is 6.99. The molecule has 1 aliphatic rings. The molecular formula is C6H14N2O. The molecule has 0 amide bonds. The number of nitrogens with two attached hydrogens (primary N) is 1. The van der Waals surface area contributed by atoms with Gasteiger partial charge in [-0.1, -0.05) is 0 Å². The number of hydrazine groups is 1. The largest absolute Gasteiger partial charge is 0.377 e. The Morgan fingerprint density at radius 2 is 2.44 bits per heavy atom.